The fraction of sp³-hybridized carbons (Fsp3) is 0.115. The maximum Gasteiger partial charge on any atom is 0.255 e. The molecule has 0 bridgehead atoms. The van der Waals surface area contributed by atoms with Crippen LogP contribution < -0.4 is 10.6 Å². The van der Waals surface area contributed by atoms with Gasteiger partial charge in [0.25, 0.3) is 5.91 Å². The van der Waals surface area contributed by atoms with Crippen molar-refractivity contribution in [3.05, 3.63) is 94.6 Å². The number of hydrogen-bond donors (Lipinski definition) is 2. The van der Waals surface area contributed by atoms with E-state index in [1.807, 2.05) is 50.2 Å². The van der Waals surface area contributed by atoms with Crippen LogP contribution in [0.25, 0.3) is 11.3 Å². The fourth-order valence-corrected chi connectivity index (χ4v) is 4.72. The second kappa shape index (κ2) is 10.6. The first-order valence-corrected chi connectivity index (χ1v) is 12.3. The van der Waals surface area contributed by atoms with Crippen LogP contribution in [0.4, 0.5) is 15.2 Å². The van der Waals surface area contributed by atoms with Crippen molar-refractivity contribution in [2.45, 2.75) is 18.7 Å². The zero-order chi connectivity index (χ0) is 24.1. The highest BCUT2D eigenvalue weighted by molar-refractivity contribution is 8.00. The number of benzene rings is 3. The van der Waals surface area contributed by atoms with E-state index in [-0.39, 0.29) is 17.6 Å². The van der Waals surface area contributed by atoms with Crippen LogP contribution in [0.3, 0.4) is 0 Å². The molecule has 34 heavy (non-hydrogen) atoms. The van der Waals surface area contributed by atoms with Gasteiger partial charge in [0.15, 0.2) is 5.13 Å². The molecule has 0 aliphatic rings. The van der Waals surface area contributed by atoms with Gasteiger partial charge in [-0.2, -0.15) is 0 Å². The number of carbonyl (C=O) groups is 2. The van der Waals surface area contributed by atoms with Gasteiger partial charge in [-0.25, -0.2) is 9.37 Å². The van der Waals surface area contributed by atoms with Crippen LogP contribution in [0.15, 0.2) is 77.7 Å². The van der Waals surface area contributed by atoms with Crippen molar-refractivity contribution in [3.8, 4) is 11.3 Å². The lowest BCUT2D eigenvalue weighted by Crippen LogP contribution is -2.13. The van der Waals surface area contributed by atoms with Crippen LogP contribution in [0.5, 0.6) is 0 Å². The number of amides is 2. The summed E-state index contributed by atoms with van der Waals surface area (Å²) in [7, 11) is 0. The predicted molar refractivity (Wildman–Crippen MR) is 137 cm³/mol. The highest BCUT2D eigenvalue weighted by Crippen LogP contribution is 2.31. The molecule has 1 heterocycles. The van der Waals surface area contributed by atoms with E-state index < -0.39 is 5.82 Å². The Morgan fingerprint density at radius 1 is 0.912 bits per heavy atom. The molecule has 0 radical (unpaired) electrons. The lowest BCUT2D eigenvalue weighted by atomic mass is 10.1. The Bertz CT molecular complexity index is 1300. The number of hydrogen-bond acceptors (Lipinski definition) is 5. The smallest absolute Gasteiger partial charge is 0.255 e. The zero-order valence-electron chi connectivity index (χ0n) is 18.6. The molecule has 0 saturated heterocycles. The number of thiazole rings is 1. The normalized spacial score (nSPS) is 10.7. The Morgan fingerprint density at radius 3 is 2.26 bits per heavy atom. The maximum atomic E-state index is 13.0. The number of rotatable bonds is 7. The molecule has 4 rings (SSSR count). The number of carbonyl (C=O) groups excluding carboxylic acids is 2. The molecule has 0 aliphatic carbocycles. The first-order valence-electron chi connectivity index (χ1n) is 10.5. The molecule has 0 saturated carbocycles. The van der Waals surface area contributed by atoms with Crippen molar-refractivity contribution in [2.75, 3.05) is 16.4 Å². The van der Waals surface area contributed by atoms with Gasteiger partial charge >= 0.3 is 0 Å². The molecule has 4 aromatic rings. The van der Waals surface area contributed by atoms with E-state index >= 15 is 0 Å². The highest BCUT2D eigenvalue weighted by atomic mass is 32.2. The average Bonchev–Trinajstić information content (AvgIpc) is 3.19. The number of nitrogens with one attached hydrogen (secondary N) is 2. The Kier molecular flexibility index (Phi) is 7.40. The van der Waals surface area contributed by atoms with Gasteiger partial charge < -0.3 is 10.6 Å². The molecule has 3 aromatic carbocycles. The molecule has 0 aliphatic heterocycles. The van der Waals surface area contributed by atoms with Gasteiger partial charge in [-0.05, 0) is 62.4 Å². The quantitative estimate of drug-likeness (QED) is 0.288. The third kappa shape index (κ3) is 6.09. The van der Waals surface area contributed by atoms with Crippen LogP contribution in [0, 0.1) is 19.7 Å². The van der Waals surface area contributed by atoms with E-state index in [1.54, 1.807) is 12.1 Å². The fourth-order valence-electron chi connectivity index (χ4n) is 3.17. The topological polar surface area (TPSA) is 71.1 Å². The number of anilines is 2. The first-order chi connectivity index (χ1) is 16.4. The second-order valence-corrected chi connectivity index (χ2v) is 9.86. The molecule has 8 heteroatoms. The predicted octanol–water partition coefficient (Wildman–Crippen LogP) is 6.55. The number of halogens is 1. The molecule has 2 N–H and O–H groups in total. The molecule has 172 valence electrons. The third-order valence-corrected chi connectivity index (χ3v) is 6.85. The van der Waals surface area contributed by atoms with Gasteiger partial charge in [-0.3, -0.25) is 9.59 Å². The van der Waals surface area contributed by atoms with Crippen molar-refractivity contribution in [1.29, 1.82) is 0 Å². The van der Waals surface area contributed by atoms with Crippen molar-refractivity contribution >= 4 is 45.7 Å². The molecule has 0 atom stereocenters. The summed E-state index contributed by atoms with van der Waals surface area (Å²) in [6.45, 7) is 4.03. The van der Waals surface area contributed by atoms with Gasteiger partial charge in [0.05, 0.1) is 11.4 Å². The van der Waals surface area contributed by atoms with Gasteiger partial charge in [0, 0.05) is 26.6 Å². The van der Waals surface area contributed by atoms with Crippen molar-refractivity contribution in [1.82, 2.24) is 4.98 Å². The largest absolute Gasteiger partial charge is 0.322 e. The van der Waals surface area contributed by atoms with E-state index in [2.05, 4.69) is 15.6 Å². The molecular formula is C26H22FN3O2S2. The van der Waals surface area contributed by atoms with Crippen molar-refractivity contribution in [2.24, 2.45) is 0 Å². The molecule has 1 aromatic heterocycles. The SMILES string of the molecule is Cc1ccc(-c2nc(NC(=O)CSc3ccc(NC(=O)c4ccc(F)cc4)cc3)sc2C)cc1. The Hall–Kier alpha value is -3.49. The van der Waals surface area contributed by atoms with Gasteiger partial charge in [-0.15, -0.1) is 23.1 Å². The molecule has 2 amide bonds. The Morgan fingerprint density at radius 2 is 1.59 bits per heavy atom. The minimum absolute atomic E-state index is 0.136. The number of aryl methyl sites for hydroxylation is 2. The number of nitrogens with zero attached hydrogens (tertiary/aromatic N) is 1. The lowest BCUT2D eigenvalue weighted by molar-refractivity contribution is -0.113. The van der Waals surface area contributed by atoms with Gasteiger partial charge in [-0.1, -0.05) is 29.8 Å². The summed E-state index contributed by atoms with van der Waals surface area (Å²) in [5.74, 6) is -0.607. The van der Waals surface area contributed by atoms with Crippen LogP contribution in [0.2, 0.25) is 0 Å². The summed E-state index contributed by atoms with van der Waals surface area (Å²) < 4.78 is 13.0. The average molecular weight is 492 g/mol. The third-order valence-electron chi connectivity index (χ3n) is 4.96. The minimum Gasteiger partial charge on any atom is -0.322 e. The van der Waals surface area contributed by atoms with E-state index in [4.69, 9.17) is 0 Å². The standard InChI is InChI=1S/C26H22FN3O2S2/c1-16-3-5-18(6-4-16)24-17(2)34-26(30-24)29-23(31)15-33-22-13-11-21(12-14-22)28-25(32)19-7-9-20(27)10-8-19/h3-14H,15H2,1-2H3,(H,28,32)(H,29,30,31). The second-order valence-electron chi connectivity index (χ2n) is 7.61. The Balaban J connectivity index is 1.29. The minimum atomic E-state index is -0.390. The lowest BCUT2D eigenvalue weighted by Gasteiger charge is -2.07. The number of thioether (sulfide) groups is 1. The van der Waals surface area contributed by atoms with E-state index in [1.165, 1.54) is 52.9 Å². The van der Waals surface area contributed by atoms with Crippen molar-refractivity contribution in [3.63, 3.8) is 0 Å². The van der Waals surface area contributed by atoms with Gasteiger partial charge in [0.2, 0.25) is 5.91 Å². The van der Waals surface area contributed by atoms with Crippen LogP contribution in [0.1, 0.15) is 20.8 Å². The van der Waals surface area contributed by atoms with E-state index in [9.17, 15) is 14.0 Å². The summed E-state index contributed by atoms with van der Waals surface area (Å²) in [6, 6.07) is 20.7. The Labute approximate surface area is 205 Å². The summed E-state index contributed by atoms with van der Waals surface area (Å²) in [5, 5.41) is 6.23. The molecular weight excluding hydrogens is 469 g/mol. The van der Waals surface area contributed by atoms with Gasteiger partial charge in [0.1, 0.15) is 5.82 Å². The van der Waals surface area contributed by atoms with E-state index in [0.29, 0.717) is 16.4 Å². The van der Waals surface area contributed by atoms with Crippen LogP contribution >= 0.6 is 23.1 Å². The van der Waals surface area contributed by atoms with Crippen LogP contribution in [-0.4, -0.2) is 22.6 Å². The monoisotopic (exact) mass is 491 g/mol. The van der Waals surface area contributed by atoms with Crippen molar-refractivity contribution < 1.29 is 14.0 Å². The van der Waals surface area contributed by atoms with Crippen LogP contribution in [-0.2, 0) is 4.79 Å². The highest BCUT2D eigenvalue weighted by Gasteiger charge is 2.13. The molecule has 0 fully saturated rings. The first kappa shape index (κ1) is 23.7. The maximum absolute atomic E-state index is 13.0. The molecule has 0 spiro atoms. The molecule has 5 nitrogen and oxygen atoms in total. The summed E-state index contributed by atoms with van der Waals surface area (Å²) in [6.07, 6.45) is 0. The summed E-state index contributed by atoms with van der Waals surface area (Å²) in [5.41, 5.74) is 4.09. The zero-order valence-corrected chi connectivity index (χ0v) is 20.2. The summed E-state index contributed by atoms with van der Waals surface area (Å²) >= 11 is 2.85. The van der Waals surface area contributed by atoms with E-state index in [0.717, 1.165) is 21.0 Å². The summed E-state index contributed by atoms with van der Waals surface area (Å²) in [4.78, 5) is 31.2. The number of aromatic nitrogens is 1. The molecule has 0 unspecified atom stereocenters.